The lowest BCUT2D eigenvalue weighted by Crippen LogP contribution is -2.15. The molecule has 2 rings (SSSR count). The van der Waals surface area contributed by atoms with Gasteiger partial charge in [0.15, 0.2) is 5.56 Å². The van der Waals surface area contributed by atoms with Crippen molar-refractivity contribution in [3.63, 3.8) is 0 Å². The molecule has 118 valence electrons. The predicted octanol–water partition coefficient (Wildman–Crippen LogP) is 2.76. The second-order valence-electron chi connectivity index (χ2n) is 4.38. The Hall–Kier alpha value is -3.49. The third kappa shape index (κ3) is 3.40. The first-order chi connectivity index (χ1) is 10.9. The zero-order chi connectivity index (χ0) is 17.0. The van der Waals surface area contributed by atoms with Gasteiger partial charge < -0.3 is 10.1 Å². The highest BCUT2D eigenvalue weighted by molar-refractivity contribution is 6.09. The van der Waals surface area contributed by atoms with Crippen LogP contribution in [0.5, 0.6) is 5.75 Å². The molecule has 0 aliphatic heterocycles. The molecular formula is C14H11N3O6. The molecule has 0 saturated heterocycles. The number of nitro groups is 2. The van der Waals surface area contributed by atoms with Crippen LogP contribution < -0.4 is 10.1 Å². The molecule has 9 heteroatoms. The standard InChI is InChI=1S/C14H11N3O6/c1-23-12-8-10(16(19)20)7-11(17(21)22)13(12)14(18)15-9-5-3-2-4-6-9/h2-8H,1H3,(H,15,18). The molecule has 1 N–H and O–H groups in total. The minimum absolute atomic E-state index is 0.251. The Kier molecular flexibility index (Phi) is 4.50. The van der Waals surface area contributed by atoms with E-state index in [4.69, 9.17) is 4.74 Å². The minimum atomic E-state index is -0.866. The summed E-state index contributed by atoms with van der Waals surface area (Å²) in [5.41, 5.74) is -1.20. The molecule has 2 aromatic carbocycles. The number of ether oxygens (including phenoxy) is 1. The van der Waals surface area contributed by atoms with Crippen molar-refractivity contribution >= 4 is 23.0 Å². The molecule has 0 fully saturated rings. The van der Waals surface area contributed by atoms with Crippen molar-refractivity contribution in [3.05, 3.63) is 68.3 Å². The summed E-state index contributed by atoms with van der Waals surface area (Å²) in [5.74, 6) is -1.05. The van der Waals surface area contributed by atoms with E-state index in [0.717, 1.165) is 12.1 Å². The van der Waals surface area contributed by atoms with Crippen molar-refractivity contribution in [1.29, 1.82) is 0 Å². The summed E-state index contributed by atoms with van der Waals surface area (Å²) in [6.45, 7) is 0. The van der Waals surface area contributed by atoms with Gasteiger partial charge in [0.2, 0.25) is 0 Å². The number of non-ortho nitro benzene ring substituents is 1. The van der Waals surface area contributed by atoms with Gasteiger partial charge in [-0.2, -0.15) is 0 Å². The maximum absolute atomic E-state index is 12.3. The largest absolute Gasteiger partial charge is 0.495 e. The van der Waals surface area contributed by atoms with Crippen molar-refractivity contribution in [2.75, 3.05) is 12.4 Å². The van der Waals surface area contributed by atoms with Crippen LogP contribution >= 0.6 is 0 Å². The van der Waals surface area contributed by atoms with Gasteiger partial charge in [0.05, 0.1) is 29.1 Å². The van der Waals surface area contributed by atoms with E-state index in [1.807, 2.05) is 0 Å². The lowest BCUT2D eigenvalue weighted by Gasteiger charge is -2.10. The van der Waals surface area contributed by atoms with E-state index in [-0.39, 0.29) is 11.3 Å². The number of carbonyl (C=O) groups excluding carboxylic acids is 1. The molecule has 0 aliphatic carbocycles. The molecule has 23 heavy (non-hydrogen) atoms. The summed E-state index contributed by atoms with van der Waals surface area (Å²) < 4.78 is 4.92. The van der Waals surface area contributed by atoms with Gasteiger partial charge >= 0.3 is 0 Å². The lowest BCUT2D eigenvalue weighted by atomic mass is 10.1. The van der Waals surface area contributed by atoms with Gasteiger partial charge in [-0.05, 0) is 12.1 Å². The molecule has 0 aromatic heterocycles. The fraction of sp³-hybridized carbons (Fsp3) is 0.0714. The molecule has 0 unspecified atom stereocenters. The van der Waals surface area contributed by atoms with Crippen molar-refractivity contribution < 1.29 is 19.4 Å². The summed E-state index contributed by atoms with van der Waals surface area (Å²) in [5, 5.41) is 24.5. The third-order valence-electron chi connectivity index (χ3n) is 2.95. The molecule has 0 spiro atoms. The fourth-order valence-electron chi connectivity index (χ4n) is 1.94. The van der Waals surface area contributed by atoms with Gasteiger partial charge in [0.1, 0.15) is 5.75 Å². The van der Waals surface area contributed by atoms with Crippen molar-refractivity contribution in [1.82, 2.24) is 0 Å². The van der Waals surface area contributed by atoms with Crippen molar-refractivity contribution in [2.45, 2.75) is 0 Å². The third-order valence-corrected chi connectivity index (χ3v) is 2.95. The molecular weight excluding hydrogens is 306 g/mol. The molecule has 9 nitrogen and oxygen atoms in total. The first kappa shape index (κ1) is 15.9. The van der Waals surface area contributed by atoms with Crippen LogP contribution in [-0.2, 0) is 0 Å². The quantitative estimate of drug-likeness (QED) is 0.667. The van der Waals surface area contributed by atoms with Crippen LogP contribution in [0, 0.1) is 20.2 Å². The van der Waals surface area contributed by atoms with E-state index in [0.29, 0.717) is 5.69 Å². The number of benzene rings is 2. The molecule has 0 bridgehead atoms. The topological polar surface area (TPSA) is 125 Å². The summed E-state index contributed by atoms with van der Waals surface area (Å²) in [6.07, 6.45) is 0. The maximum Gasteiger partial charge on any atom is 0.292 e. The SMILES string of the molecule is COc1cc([N+](=O)[O-])cc([N+](=O)[O-])c1C(=O)Nc1ccccc1. The zero-order valence-electron chi connectivity index (χ0n) is 11.9. The predicted molar refractivity (Wildman–Crippen MR) is 80.7 cm³/mol. The van der Waals surface area contributed by atoms with E-state index >= 15 is 0 Å². The number of para-hydroxylation sites is 1. The van der Waals surface area contributed by atoms with Crippen LogP contribution in [0.1, 0.15) is 10.4 Å². The smallest absolute Gasteiger partial charge is 0.292 e. The monoisotopic (exact) mass is 317 g/mol. The summed E-state index contributed by atoms with van der Waals surface area (Å²) >= 11 is 0. The molecule has 2 aromatic rings. The Morgan fingerprint density at radius 3 is 2.26 bits per heavy atom. The highest BCUT2D eigenvalue weighted by atomic mass is 16.6. The van der Waals surface area contributed by atoms with Gasteiger partial charge in [-0.3, -0.25) is 25.0 Å². The summed E-state index contributed by atoms with van der Waals surface area (Å²) in [6, 6.07) is 9.98. The van der Waals surface area contributed by atoms with Crippen LogP contribution in [0.15, 0.2) is 42.5 Å². The molecule has 0 saturated carbocycles. The van der Waals surface area contributed by atoms with Crippen LogP contribution in [-0.4, -0.2) is 22.9 Å². The second-order valence-corrected chi connectivity index (χ2v) is 4.38. The maximum atomic E-state index is 12.3. The van der Waals surface area contributed by atoms with Gasteiger partial charge in [0, 0.05) is 5.69 Å². The molecule has 0 atom stereocenters. The number of amides is 1. The molecule has 0 heterocycles. The average Bonchev–Trinajstić information content (AvgIpc) is 2.54. The number of nitrogens with one attached hydrogen (secondary N) is 1. The van der Waals surface area contributed by atoms with E-state index in [2.05, 4.69) is 5.32 Å². The molecule has 1 amide bonds. The summed E-state index contributed by atoms with van der Waals surface area (Å²) in [7, 11) is 1.17. The number of nitro benzene ring substituents is 2. The van der Waals surface area contributed by atoms with E-state index < -0.39 is 27.1 Å². The van der Waals surface area contributed by atoms with Crippen LogP contribution in [0.2, 0.25) is 0 Å². The number of anilines is 1. The normalized spacial score (nSPS) is 9.96. The Labute approximate surface area is 129 Å². The van der Waals surface area contributed by atoms with E-state index in [1.165, 1.54) is 7.11 Å². The van der Waals surface area contributed by atoms with Crippen molar-refractivity contribution in [2.24, 2.45) is 0 Å². The number of hydrogen-bond acceptors (Lipinski definition) is 6. The average molecular weight is 317 g/mol. The van der Waals surface area contributed by atoms with E-state index in [1.54, 1.807) is 30.3 Å². The Morgan fingerprint density at radius 1 is 1.09 bits per heavy atom. The summed E-state index contributed by atoms with van der Waals surface area (Å²) in [4.78, 5) is 32.7. The number of nitrogens with zero attached hydrogens (tertiary/aromatic N) is 2. The lowest BCUT2D eigenvalue weighted by molar-refractivity contribution is -0.394. The number of hydrogen-bond donors (Lipinski definition) is 1. The van der Waals surface area contributed by atoms with Crippen molar-refractivity contribution in [3.8, 4) is 5.75 Å². The van der Waals surface area contributed by atoms with Crippen LogP contribution in [0.25, 0.3) is 0 Å². The first-order valence-corrected chi connectivity index (χ1v) is 6.31. The van der Waals surface area contributed by atoms with Crippen LogP contribution in [0.3, 0.4) is 0 Å². The number of rotatable bonds is 5. The number of carbonyl (C=O) groups is 1. The first-order valence-electron chi connectivity index (χ1n) is 6.31. The van der Waals surface area contributed by atoms with E-state index in [9.17, 15) is 25.0 Å². The Bertz CT molecular complexity index is 776. The molecule has 0 radical (unpaired) electrons. The second kappa shape index (κ2) is 6.52. The fourth-order valence-corrected chi connectivity index (χ4v) is 1.94. The molecule has 0 aliphatic rings. The number of methoxy groups -OCH3 is 1. The highest BCUT2D eigenvalue weighted by Gasteiger charge is 2.29. The van der Waals surface area contributed by atoms with Gasteiger partial charge in [-0.1, -0.05) is 18.2 Å². The van der Waals surface area contributed by atoms with Gasteiger partial charge in [0.25, 0.3) is 17.3 Å². The van der Waals surface area contributed by atoms with Gasteiger partial charge in [-0.15, -0.1) is 0 Å². The highest BCUT2D eigenvalue weighted by Crippen LogP contribution is 2.34. The Balaban J connectivity index is 2.53. The minimum Gasteiger partial charge on any atom is -0.495 e. The van der Waals surface area contributed by atoms with Gasteiger partial charge in [-0.25, -0.2) is 0 Å². The zero-order valence-corrected chi connectivity index (χ0v) is 11.9. The van der Waals surface area contributed by atoms with Crippen LogP contribution in [0.4, 0.5) is 17.1 Å². The Morgan fingerprint density at radius 2 is 1.74 bits per heavy atom.